The fraction of sp³-hybridized carbons (Fsp3) is 0.417. The number of nitrogens with two attached hydrogens (primary N) is 1. The van der Waals surface area contributed by atoms with Crippen LogP contribution in [0.15, 0.2) is 29.2 Å². The Morgan fingerprint density at radius 1 is 1.26 bits per heavy atom. The Morgan fingerprint density at radius 3 is 2.26 bits per heavy atom. The maximum absolute atomic E-state index is 12.3. The van der Waals surface area contributed by atoms with Gasteiger partial charge in [-0.15, -0.1) is 0 Å². The van der Waals surface area contributed by atoms with Gasteiger partial charge in [0.05, 0.1) is 11.5 Å². The average Bonchev–Trinajstić information content (AvgIpc) is 2.38. The van der Waals surface area contributed by atoms with Crippen LogP contribution >= 0.6 is 0 Å². The van der Waals surface area contributed by atoms with Crippen molar-refractivity contribution in [3.05, 3.63) is 29.8 Å². The van der Waals surface area contributed by atoms with E-state index in [-0.39, 0.29) is 23.6 Å². The van der Waals surface area contributed by atoms with Gasteiger partial charge in [-0.25, -0.2) is 8.42 Å². The highest BCUT2D eigenvalue weighted by Gasteiger charge is 2.23. The van der Waals surface area contributed by atoms with Gasteiger partial charge in [-0.2, -0.15) is 4.31 Å². The van der Waals surface area contributed by atoms with E-state index in [2.05, 4.69) is 0 Å². The van der Waals surface area contributed by atoms with Crippen LogP contribution in [0.1, 0.15) is 23.7 Å². The summed E-state index contributed by atoms with van der Waals surface area (Å²) in [6.45, 7) is 2.00. The van der Waals surface area contributed by atoms with Gasteiger partial charge >= 0.3 is 0 Å². The number of aliphatic hydroxyl groups is 1. The van der Waals surface area contributed by atoms with E-state index in [0.717, 1.165) is 0 Å². The van der Waals surface area contributed by atoms with Crippen molar-refractivity contribution >= 4 is 15.9 Å². The predicted molar refractivity (Wildman–Crippen MR) is 71.1 cm³/mol. The van der Waals surface area contributed by atoms with Crippen molar-refractivity contribution in [3.63, 3.8) is 0 Å². The molecule has 106 valence electrons. The van der Waals surface area contributed by atoms with Crippen LogP contribution in [0.5, 0.6) is 0 Å². The van der Waals surface area contributed by atoms with Gasteiger partial charge in [0.2, 0.25) is 15.9 Å². The van der Waals surface area contributed by atoms with Crippen LogP contribution < -0.4 is 5.73 Å². The van der Waals surface area contributed by atoms with Gasteiger partial charge in [0.25, 0.3) is 0 Å². The van der Waals surface area contributed by atoms with Gasteiger partial charge in [0, 0.05) is 18.7 Å². The zero-order valence-electron chi connectivity index (χ0n) is 10.7. The molecule has 0 fully saturated rings. The number of amides is 1. The molecule has 0 aliphatic carbocycles. The van der Waals surface area contributed by atoms with Gasteiger partial charge < -0.3 is 10.8 Å². The first-order valence-electron chi connectivity index (χ1n) is 5.94. The minimum atomic E-state index is -3.65. The summed E-state index contributed by atoms with van der Waals surface area (Å²) in [5, 5.41) is 8.92. The minimum Gasteiger partial charge on any atom is -0.395 e. The summed E-state index contributed by atoms with van der Waals surface area (Å²) in [4.78, 5) is 11.0. The lowest BCUT2D eigenvalue weighted by Crippen LogP contribution is -2.34. The Balaban J connectivity index is 3.07. The summed E-state index contributed by atoms with van der Waals surface area (Å²) in [6.07, 6.45) is 0.651. The molecule has 1 amide bonds. The number of rotatable bonds is 7. The molecule has 0 atom stereocenters. The summed E-state index contributed by atoms with van der Waals surface area (Å²) in [7, 11) is -3.65. The average molecular weight is 286 g/mol. The van der Waals surface area contributed by atoms with E-state index >= 15 is 0 Å². The highest BCUT2D eigenvalue weighted by molar-refractivity contribution is 7.89. The minimum absolute atomic E-state index is 0.0493. The number of carbonyl (C=O) groups excluding carboxylic acids is 1. The van der Waals surface area contributed by atoms with Gasteiger partial charge in [0.1, 0.15) is 0 Å². The fourth-order valence-electron chi connectivity index (χ4n) is 1.65. The molecular formula is C12H18N2O4S. The van der Waals surface area contributed by atoms with Crippen LogP contribution in [-0.2, 0) is 10.0 Å². The van der Waals surface area contributed by atoms with Crippen molar-refractivity contribution in [2.24, 2.45) is 5.73 Å². The molecule has 0 unspecified atom stereocenters. The number of benzene rings is 1. The molecule has 0 spiro atoms. The molecule has 3 N–H and O–H groups in total. The van der Waals surface area contributed by atoms with Crippen molar-refractivity contribution in [1.82, 2.24) is 4.31 Å². The van der Waals surface area contributed by atoms with E-state index < -0.39 is 15.9 Å². The van der Waals surface area contributed by atoms with Gasteiger partial charge in [-0.05, 0) is 30.7 Å². The number of nitrogens with zero attached hydrogens (tertiary/aromatic N) is 1. The number of hydrogen-bond acceptors (Lipinski definition) is 4. The Morgan fingerprint density at radius 2 is 1.84 bits per heavy atom. The summed E-state index contributed by atoms with van der Waals surface area (Å²) >= 11 is 0. The topological polar surface area (TPSA) is 101 Å². The molecule has 0 heterocycles. The van der Waals surface area contributed by atoms with E-state index in [0.29, 0.717) is 13.0 Å². The standard InChI is InChI=1S/C12H18N2O4S/c1-2-7-14(8-9-15)19(17,18)11-5-3-10(4-6-11)12(13)16/h3-6,15H,2,7-9H2,1H3,(H2,13,16). The summed E-state index contributed by atoms with van der Waals surface area (Å²) in [5.74, 6) is -0.607. The monoisotopic (exact) mass is 286 g/mol. The summed E-state index contributed by atoms with van der Waals surface area (Å²) in [5.41, 5.74) is 5.35. The SMILES string of the molecule is CCCN(CCO)S(=O)(=O)c1ccc(C(N)=O)cc1. The highest BCUT2D eigenvalue weighted by atomic mass is 32.2. The summed E-state index contributed by atoms with van der Waals surface area (Å²) < 4.78 is 25.8. The number of primary amides is 1. The lowest BCUT2D eigenvalue weighted by molar-refractivity contribution is 0.1000. The van der Waals surface area contributed by atoms with Gasteiger partial charge in [-0.3, -0.25) is 4.79 Å². The molecule has 0 saturated heterocycles. The molecule has 0 bridgehead atoms. The quantitative estimate of drug-likeness (QED) is 0.746. The third kappa shape index (κ3) is 3.76. The Bertz CT molecular complexity index is 519. The van der Waals surface area contributed by atoms with E-state index in [9.17, 15) is 13.2 Å². The third-order valence-electron chi connectivity index (χ3n) is 2.60. The van der Waals surface area contributed by atoms with E-state index in [1.54, 1.807) is 0 Å². The second-order valence-electron chi connectivity index (χ2n) is 4.02. The van der Waals surface area contributed by atoms with Crippen molar-refractivity contribution in [2.45, 2.75) is 18.2 Å². The van der Waals surface area contributed by atoms with Crippen LogP contribution in [0, 0.1) is 0 Å². The zero-order valence-corrected chi connectivity index (χ0v) is 11.6. The Labute approximate surface area is 112 Å². The molecule has 19 heavy (non-hydrogen) atoms. The molecule has 1 rings (SSSR count). The van der Waals surface area contributed by atoms with Crippen molar-refractivity contribution in [3.8, 4) is 0 Å². The lowest BCUT2D eigenvalue weighted by atomic mass is 10.2. The molecule has 1 aromatic carbocycles. The van der Waals surface area contributed by atoms with E-state index in [1.165, 1.54) is 28.6 Å². The first kappa shape index (κ1) is 15.6. The predicted octanol–water partition coefficient (Wildman–Crippen LogP) is 0.178. The fourth-order valence-corrected chi connectivity index (χ4v) is 3.18. The third-order valence-corrected chi connectivity index (χ3v) is 4.51. The van der Waals surface area contributed by atoms with Crippen molar-refractivity contribution in [1.29, 1.82) is 0 Å². The molecule has 0 aliphatic rings. The van der Waals surface area contributed by atoms with Crippen LogP contribution in [0.2, 0.25) is 0 Å². The zero-order chi connectivity index (χ0) is 14.5. The van der Waals surface area contributed by atoms with Crippen molar-refractivity contribution < 1.29 is 18.3 Å². The first-order chi connectivity index (χ1) is 8.93. The first-order valence-corrected chi connectivity index (χ1v) is 7.38. The normalized spacial score (nSPS) is 11.7. The number of hydrogen-bond donors (Lipinski definition) is 2. The molecular weight excluding hydrogens is 268 g/mol. The number of sulfonamides is 1. The van der Waals surface area contributed by atoms with Crippen LogP contribution in [0.25, 0.3) is 0 Å². The lowest BCUT2D eigenvalue weighted by Gasteiger charge is -2.20. The van der Waals surface area contributed by atoms with Gasteiger partial charge in [-0.1, -0.05) is 6.92 Å². The maximum atomic E-state index is 12.3. The van der Waals surface area contributed by atoms with E-state index in [1.807, 2.05) is 6.92 Å². The molecule has 0 aliphatic heterocycles. The molecule has 0 aromatic heterocycles. The Hall–Kier alpha value is -1.44. The smallest absolute Gasteiger partial charge is 0.248 e. The number of aliphatic hydroxyl groups excluding tert-OH is 1. The van der Waals surface area contributed by atoms with Crippen molar-refractivity contribution in [2.75, 3.05) is 19.7 Å². The molecule has 0 radical (unpaired) electrons. The molecule has 6 nitrogen and oxygen atoms in total. The molecule has 1 aromatic rings. The largest absolute Gasteiger partial charge is 0.395 e. The van der Waals surface area contributed by atoms with Crippen LogP contribution in [-0.4, -0.2) is 43.4 Å². The summed E-state index contributed by atoms with van der Waals surface area (Å²) in [6, 6.07) is 5.43. The van der Waals surface area contributed by atoms with Gasteiger partial charge in [0.15, 0.2) is 0 Å². The maximum Gasteiger partial charge on any atom is 0.248 e. The second-order valence-corrected chi connectivity index (χ2v) is 5.95. The Kier molecular flexibility index (Phi) is 5.46. The van der Waals surface area contributed by atoms with Crippen LogP contribution in [0.3, 0.4) is 0 Å². The molecule has 7 heteroatoms. The number of carbonyl (C=O) groups is 1. The van der Waals surface area contributed by atoms with E-state index in [4.69, 9.17) is 10.8 Å². The molecule has 0 saturated carbocycles. The highest BCUT2D eigenvalue weighted by Crippen LogP contribution is 2.16. The second kappa shape index (κ2) is 6.65. The van der Waals surface area contributed by atoms with Crippen LogP contribution in [0.4, 0.5) is 0 Å².